The molecule has 0 radical (unpaired) electrons. The number of hydrogen-bond donors (Lipinski definition) is 2. The predicted octanol–water partition coefficient (Wildman–Crippen LogP) is 2.55. The number of nitrogens with zero attached hydrogens (tertiary/aromatic N) is 1. The van der Waals surface area contributed by atoms with Crippen molar-refractivity contribution in [2.45, 2.75) is 25.7 Å². The number of H-pyrrole nitrogens is 1. The second-order valence-electron chi connectivity index (χ2n) is 4.89. The van der Waals surface area contributed by atoms with Gasteiger partial charge in [-0.25, -0.2) is 0 Å². The Hall–Kier alpha value is -2.30. The molecule has 0 atom stereocenters. The summed E-state index contributed by atoms with van der Waals surface area (Å²) >= 11 is 0. The largest absolute Gasteiger partial charge is 0.495 e. The minimum Gasteiger partial charge on any atom is -0.495 e. The molecule has 104 valence electrons. The van der Waals surface area contributed by atoms with Gasteiger partial charge in [0.15, 0.2) is 5.69 Å². The fourth-order valence-electron chi connectivity index (χ4n) is 2.60. The fourth-order valence-corrected chi connectivity index (χ4v) is 2.60. The highest BCUT2D eigenvalue weighted by Crippen LogP contribution is 2.26. The summed E-state index contributed by atoms with van der Waals surface area (Å²) in [6.45, 7) is 0. The van der Waals surface area contributed by atoms with Gasteiger partial charge < -0.3 is 10.1 Å². The fraction of sp³-hybridized carbons (Fsp3) is 0.333. The molecule has 1 amide bonds. The summed E-state index contributed by atoms with van der Waals surface area (Å²) in [4.78, 5) is 12.4. The lowest BCUT2D eigenvalue weighted by atomic mass is 9.96. The van der Waals surface area contributed by atoms with Crippen LogP contribution in [-0.4, -0.2) is 23.2 Å². The van der Waals surface area contributed by atoms with Crippen LogP contribution in [0.25, 0.3) is 0 Å². The number of ether oxygens (including phenoxy) is 1. The summed E-state index contributed by atoms with van der Waals surface area (Å²) in [7, 11) is 1.58. The molecule has 1 heterocycles. The van der Waals surface area contributed by atoms with Gasteiger partial charge in [0.05, 0.1) is 12.8 Å². The van der Waals surface area contributed by atoms with Crippen LogP contribution in [0.15, 0.2) is 24.3 Å². The van der Waals surface area contributed by atoms with Crippen molar-refractivity contribution in [2.75, 3.05) is 12.4 Å². The number of para-hydroxylation sites is 2. The third-order valence-electron chi connectivity index (χ3n) is 3.63. The molecule has 20 heavy (non-hydrogen) atoms. The van der Waals surface area contributed by atoms with Gasteiger partial charge in [-0.2, -0.15) is 5.10 Å². The number of aromatic nitrogens is 2. The van der Waals surface area contributed by atoms with Crippen LogP contribution in [0.3, 0.4) is 0 Å². The van der Waals surface area contributed by atoms with E-state index in [2.05, 4.69) is 15.5 Å². The Morgan fingerprint density at radius 1 is 1.30 bits per heavy atom. The number of rotatable bonds is 3. The van der Waals surface area contributed by atoms with E-state index in [1.807, 2.05) is 24.3 Å². The van der Waals surface area contributed by atoms with Crippen LogP contribution in [-0.2, 0) is 12.8 Å². The van der Waals surface area contributed by atoms with Crippen molar-refractivity contribution in [2.24, 2.45) is 0 Å². The van der Waals surface area contributed by atoms with Crippen molar-refractivity contribution in [3.63, 3.8) is 0 Å². The van der Waals surface area contributed by atoms with Gasteiger partial charge in [-0.05, 0) is 37.8 Å². The first-order chi connectivity index (χ1) is 9.79. The number of fused-ring (bicyclic) bond motifs is 1. The number of carbonyl (C=O) groups excluding carboxylic acids is 1. The molecule has 3 rings (SSSR count). The number of hydrogen-bond acceptors (Lipinski definition) is 3. The lowest BCUT2D eigenvalue weighted by Gasteiger charge is -2.12. The van der Waals surface area contributed by atoms with Crippen molar-refractivity contribution < 1.29 is 9.53 Å². The van der Waals surface area contributed by atoms with Crippen LogP contribution < -0.4 is 10.1 Å². The van der Waals surface area contributed by atoms with Crippen molar-refractivity contribution in [1.29, 1.82) is 0 Å². The molecule has 0 saturated heterocycles. The minimum absolute atomic E-state index is 0.186. The third kappa shape index (κ3) is 2.27. The summed E-state index contributed by atoms with van der Waals surface area (Å²) in [6.07, 6.45) is 4.16. The van der Waals surface area contributed by atoms with E-state index >= 15 is 0 Å². The van der Waals surface area contributed by atoms with Gasteiger partial charge in [-0.3, -0.25) is 9.89 Å². The number of benzene rings is 1. The Bertz CT molecular complexity index is 634. The smallest absolute Gasteiger partial charge is 0.276 e. The molecule has 0 fully saturated rings. The predicted molar refractivity (Wildman–Crippen MR) is 76.2 cm³/mol. The number of anilines is 1. The van der Waals surface area contributed by atoms with Gasteiger partial charge in [0, 0.05) is 11.3 Å². The monoisotopic (exact) mass is 271 g/mol. The molecule has 0 unspecified atom stereocenters. The molecular weight excluding hydrogens is 254 g/mol. The molecule has 5 heteroatoms. The Labute approximate surface area is 117 Å². The average Bonchev–Trinajstić information content (AvgIpc) is 2.92. The minimum atomic E-state index is -0.186. The maximum absolute atomic E-state index is 12.4. The van der Waals surface area contributed by atoms with Gasteiger partial charge >= 0.3 is 0 Å². The second kappa shape index (κ2) is 5.36. The van der Waals surface area contributed by atoms with E-state index in [1.165, 1.54) is 0 Å². The van der Waals surface area contributed by atoms with Crippen LogP contribution in [0.4, 0.5) is 5.69 Å². The zero-order valence-electron chi connectivity index (χ0n) is 11.4. The number of aromatic amines is 1. The maximum Gasteiger partial charge on any atom is 0.276 e. The summed E-state index contributed by atoms with van der Waals surface area (Å²) in [6, 6.07) is 7.36. The topological polar surface area (TPSA) is 67.0 Å². The van der Waals surface area contributed by atoms with Crippen molar-refractivity contribution in [1.82, 2.24) is 10.2 Å². The average molecular weight is 271 g/mol. The van der Waals surface area contributed by atoms with Gasteiger partial charge in [0.25, 0.3) is 5.91 Å². The quantitative estimate of drug-likeness (QED) is 0.901. The van der Waals surface area contributed by atoms with E-state index in [0.717, 1.165) is 36.9 Å². The molecular formula is C15H17N3O2. The zero-order chi connectivity index (χ0) is 13.9. The summed E-state index contributed by atoms with van der Waals surface area (Å²) in [5, 5.41) is 10.0. The molecule has 0 saturated carbocycles. The number of amides is 1. The molecule has 0 spiro atoms. The second-order valence-corrected chi connectivity index (χ2v) is 4.89. The summed E-state index contributed by atoms with van der Waals surface area (Å²) in [5.41, 5.74) is 3.32. The zero-order valence-corrected chi connectivity index (χ0v) is 11.4. The number of aryl methyl sites for hydroxylation is 1. The highest BCUT2D eigenvalue weighted by molar-refractivity contribution is 6.04. The van der Waals surface area contributed by atoms with Crippen LogP contribution in [0.5, 0.6) is 5.75 Å². The van der Waals surface area contributed by atoms with Crippen LogP contribution in [0.2, 0.25) is 0 Å². The molecule has 0 bridgehead atoms. The van der Waals surface area contributed by atoms with Gasteiger partial charge in [-0.15, -0.1) is 0 Å². The van der Waals surface area contributed by atoms with Crippen molar-refractivity contribution in [3.8, 4) is 5.75 Å². The standard InChI is InChI=1S/C15H17N3O2/c1-20-13-9-5-4-8-12(13)16-15(19)14-10-6-2-3-7-11(10)17-18-14/h4-5,8-9H,2-3,6-7H2,1H3,(H,16,19)(H,17,18). The van der Waals surface area contributed by atoms with Crippen LogP contribution in [0, 0.1) is 0 Å². The van der Waals surface area contributed by atoms with E-state index in [-0.39, 0.29) is 5.91 Å². The molecule has 0 aliphatic heterocycles. The highest BCUT2D eigenvalue weighted by atomic mass is 16.5. The molecule has 2 N–H and O–H groups in total. The Kier molecular flexibility index (Phi) is 3.41. The normalized spacial score (nSPS) is 13.7. The SMILES string of the molecule is COc1ccccc1NC(=O)c1n[nH]c2c1CCCC2. The van der Waals surface area contributed by atoms with Gasteiger partial charge in [0.1, 0.15) is 5.75 Å². The van der Waals surface area contributed by atoms with E-state index < -0.39 is 0 Å². The van der Waals surface area contributed by atoms with Gasteiger partial charge in [-0.1, -0.05) is 12.1 Å². The Balaban J connectivity index is 1.85. The van der Waals surface area contributed by atoms with E-state index in [4.69, 9.17) is 4.74 Å². The van der Waals surface area contributed by atoms with Crippen molar-refractivity contribution >= 4 is 11.6 Å². The summed E-state index contributed by atoms with van der Waals surface area (Å²) < 4.78 is 5.23. The first-order valence-electron chi connectivity index (χ1n) is 6.80. The molecule has 1 aliphatic carbocycles. The maximum atomic E-state index is 12.4. The molecule has 1 aromatic carbocycles. The molecule has 5 nitrogen and oxygen atoms in total. The summed E-state index contributed by atoms with van der Waals surface area (Å²) in [5.74, 6) is 0.458. The van der Waals surface area contributed by atoms with Crippen LogP contribution >= 0.6 is 0 Å². The van der Waals surface area contributed by atoms with Gasteiger partial charge in [0.2, 0.25) is 0 Å². The van der Waals surface area contributed by atoms with E-state index in [0.29, 0.717) is 17.1 Å². The first-order valence-corrected chi connectivity index (χ1v) is 6.80. The molecule has 1 aliphatic rings. The highest BCUT2D eigenvalue weighted by Gasteiger charge is 2.22. The Morgan fingerprint density at radius 3 is 2.95 bits per heavy atom. The number of carbonyl (C=O) groups is 1. The number of nitrogens with one attached hydrogen (secondary N) is 2. The first kappa shape index (κ1) is 12.7. The van der Waals surface area contributed by atoms with E-state index in [1.54, 1.807) is 7.11 Å². The van der Waals surface area contributed by atoms with E-state index in [9.17, 15) is 4.79 Å². The third-order valence-corrected chi connectivity index (χ3v) is 3.63. The number of methoxy groups -OCH3 is 1. The molecule has 1 aromatic heterocycles. The van der Waals surface area contributed by atoms with Crippen LogP contribution in [0.1, 0.15) is 34.6 Å². The van der Waals surface area contributed by atoms with Crippen molar-refractivity contribution in [3.05, 3.63) is 41.2 Å². The lowest BCUT2D eigenvalue weighted by molar-refractivity contribution is 0.102. The lowest BCUT2D eigenvalue weighted by Crippen LogP contribution is -2.16. The Morgan fingerprint density at radius 2 is 2.10 bits per heavy atom. The molecule has 2 aromatic rings.